The number of carbonyl (C=O) groups excluding carboxylic acids is 2. The molecule has 0 spiro atoms. The second-order valence-corrected chi connectivity index (χ2v) is 8.43. The molecule has 1 aromatic heterocycles. The predicted octanol–water partition coefficient (Wildman–Crippen LogP) is 1.79. The fourth-order valence-corrected chi connectivity index (χ4v) is 3.38. The maximum Gasteiger partial charge on any atom is 0.326 e. The lowest BCUT2D eigenvalue weighted by Crippen LogP contribution is -2.56. The van der Waals surface area contributed by atoms with Crippen LogP contribution in [0.4, 0.5) is 0 Å². The van der Waals surface area contributed by atoms with E-state index in [0.29, 0.717) is 12.8 Å². The molecular weight excluding hydrogens is 384 g/mol. The van der Waals surface area contributed by atoms with Crippen LogP contribution in [0.25, 0.3) is 10.9 Å². The van der Waals surface area contributed by atoms with Crippen LogP contribution < -0.4 is 16.4 Å². The molecule has 2 amide bonds. The lowest BCUT2D eigenvalue weighted by atomic mass is 9.99. The normalized spacial score (nSPS) is 14.5. The van der Waals surface area contributed by atoms with Crippen LogP contribution in [0, 0.1) is 11.8 Å². The van der Waals surface area contributed by atoms with Gasteiger partial charge < -0.3 is 26.5 Å². The smallest absolute Gasteiger partial charge is 0.326 e. The van der Waals surface area contributed by atoms with E-state index in [1.165, 1.54) is 0 Å². The summed E-state index contributed by atoms with van der Waals surface area (Å²) in [6.45, 7) is 7.28. The molecule has 0 aliphatic rings. The zero-order valence-corrected chi connectivity index (χ0v) is 17.9. The molecule has 2 aromatic rings. The van der Waals surface area contributed by atoms with E-state index in [-0.39, 0.29) is 11.8 Å². The van der Waals surface area contributed by atoms with Crippen molar-refractivity contribution >= 4 is 28.7 Å². The van der Waals surface area contributed by atoms with Crippen LogP contribution in [-0.2, 0) is 20.8 Å². The molecule has 8 heteroatoms. The Hall–Kier alpha value is -2.87. The summed E-state index contributed by atoms with van der Waals surface area (Å²) in [5, 5.41) is 15.6. The van der Waals surface area contributed by atoms with Crippen LogP contribution in [-0.4, -0.2) is 46.0 Å². The first-order chi connectivity index (χ1) is 14.1. The van der Waals surface area contributed by atoms with Gasteiger partial charge in [0.05, 0.1) is 6.04 Å². The van der Waals surface area contributed by atoms with E-state index in [1.807, 2.05) is 44.3 Å². The van der Waals surface area contributed by atoms with Gasteiger partial charge in [-0.15, -0.1) is 0 Å². The number of H-pyrrole nitrogens is 1. The van der Waals surface area contributed by atoms with Gasteiger partial charge in [-0.2, -0.15) is 0 Å². The molecule has 6 N–H and O–H groups in total. The fraction of sp³-hybridized carbons (Fsp3) is 0.500. The van der Waals surface area contributed by atoms with Crippen LogP contribution >= 0.6 is 0 Å². The van der Waals surface area contributed by atoms with Gasteiger partial charge in [0.2, 0.25) is 11.8 Å². The van der Waals surface area contributed by atoms with Gasteiger partial charge in [0, 0.05) is 17.1 Å². The third kappa shape index (κ3) is 6.06. The number of fused-ring (bicyclic) bond motifs is 1. The molecule has 1 aromatic carbocycles. The average molecular weight is 417 g/mol. The number of amides is 2. The maximum atomic E-state index is 12.7. The second-order valence-electron chi connectivity index (χ2n) is 8.43. The van der Waals surface area contributed by atoms with Crippen molar-refractivity contribution < 1.29 is 19.5 Å². The van der Waals surface area contributed by atoms with Crippen molar-refractivity contribution in [2.45, 2.75) is 58.7 Å². The summed E-state index contributed by atoms with van der Waals surface area (Å²) in [5.41, 5.74) is 8.01. The summed E-state index contributed by atoms with van der Waals surface area (Å²) < 4.78 is 0. The summed E-state index contributed by atoms with van der Waals surface area (Å²) in [5.74, 6) is -2.24. The molecule has 0 aliphatic heterocycles. The predicted molar refractivity (Wildman–Crippen MR) is 116 cm³/mol. The first-order valence-electron chi connectivity index (χ1n) is 10.2. The largest absolute Gasteiger partial charge is 0.480 e. The van der Waals surface area contributed by atoms with Gasteiger partial charge in [0.15, 0.2) is 0 Å². The van der Waals surface area contributed by atoms with E-state index in [4.69, 9.17) is 5.73 Å². The SMILES string of the molecule is CC(C)C[C@H](NC(=O)[C@@H](N)Cc1c[nH]c2ccccc12)C(=O)N[C@H](C(=O)O)C(C)C. The van der Waals surface area contributed by atoms with Crippen LogP contribution in [0.15, 0.2) is 30.5 Å². The number of hydrogen-bond acceptors (Lipinski definition) is 4. The molecule has 0 aliphatic carbocycles. The summed E-state index contributed by atoms with van der Waals surface area (Å²) in [7, 11) is 0. The number of carboxylic acids is 1. The molecule has 3 atom stereocenters. The van der Waals surface area contributed by atoms with Crippen molar-refractivity contribution in [3.63, 3.8) is 0 Å². The van der Waals surface area contributed by atoms with Crippen molar-refractivity contribution in [2.75, 3.05) is 0 Å². The Bertz CT molecular complexity index is 890. The van der Waals surface area contributed by atoms with Gasteiger partial charge in [-0.3, -0.25) is 9.59 Å². The number of rotatable bonds is 10. The van der Waals surface area contributed by atoms with Crippen molar-refractivity contribution in [3.8, 4) is 0 Å². The Morgan fingerprint density at radius 3 is 2.33 bits per heavy atom. The average Bonchev–Trinajstić information content (AvgIpc) is 3.07. The number of hydrogen-bond donors (Lipinski definition) is 5. The minimum atomic E-state index is -1.11. The molecule has 0 fully saturated rings. The first-order valence-corrected chi connectivity index (χ1v) is 10.2. The number of para-hydroxylation sites is 1. The van der Waals surface area contributed by atoms with Gasteiger partial charge in [0.25, 0.3) is 0 Å². The molecule has 30 heavy (non-hydrogen) atoms. The Morgan fingerprint density at radius 2 is 1.73 bits per heavy atom. The van der Waals surface area contributed by atoms with Crippen molar-refractivity contribution in [1.82, 2.24) is 15.6 Å². The van der Waals surface area contributed by atoms with Crippen LogP contribution in [0.2, 0.25) is 0 Å². The Morgan fingerprint density at radius 1 is 1.07 bits per heavy atom. The monoisotopic (exact) mass is 416 g/mol. The number of carboxylic acid groups (broad SMARTS) is 1. The van der Waals surface area contributed by atoms with Crippen LogP contribution in [0.5, 0.6) is 0 Å². The highest BCUT2D eigenvalue weighted by atomic mass is 16.4. The maximum absolute atomic E-state index is 12.7. The first kappa shape index (κ1) is 23.4. The molecule has 0 bridgehead atoms. The highest BCUT2D eigenvalue weighted by molar-refractivity contribution is 5.92. The quantitative estimate of drug-likeness (QED) is 0.402. The van der Waals surface area contributed by atoms with Gasteiger partial charge in [-0.05, 0) is 36.3 Å². The minimum Gasteiger partial charge on any atom is -0.480 e. The van der Waals surface area contributed by atoms with Gasteiger partial charge in [-0.1, -0.05) is 45.9 Å². The number of aromatic amines is 1. The molecular formula is C22H32N4O4. The summed E-state index contributed by atoms with van der Waals surface area (Å²) >= 11 is 0. The number of aromatic nitrogens is 1. The van der Waals surface area contributed by atoms with Crippen molar-refractivity contribution in [3.05, 3.63) is 36.0 Å². The summed E-state index contributed by atoms with van der Waals surface area (Å²) in [4.78, 5) is 40.0. The Labute approximate surface area is 176 Å². The minimum absolute atomic E-state index is 0.119. The van der Waals surface area contributed by atoms with E-state index in [0.717, 1.165) is 16.5 Å². The number of benzene rings is 1. The van der Waals surface area contributed by atoms with Gasteiger partial charge >= 0.3 is 5.97 Å². The highest BCUT2D eigenvalue weighted by Crippen LogP contribution is 2.19. The molecule has 0 saturated heterocycles. The Balaban J connectivity index is 2.08. The van der Waals surface area contributed by atoms with E-state index >= 15 is 0 Å². The topological polar surface area (TPSA) is 137 Å². The molecule has 164 valence electrons. The molecule has 1 heterocycles. The second kappa shape index (κ2) is 10.2. The van der Waals surface area contributed by atoms with E-state index in [1.54, 1.807) is 13.8 Å². The summed E-state index contributed by atoms with van der Waals surface area (Å²) in [6, 6.07) is 5.02. The molecule has 0 saturated carbocycles. The van der Waals surface area contributed by atoms with Crippen LogP contribution in [0.3, 0.4) is 0 Å². The van der Waals surface area contributed by atoms with E-state index < -0.39 is 35.9 Å². The molecule has 8 nitrogen and oxygen atoms in total. The molecule has 2 rings (SSSR count). The number of nitrogens with one attached hydrogen (secondary N) is 3. The number of aliphatic carboxylic acids is 1. The van der Waals surface area contributed by atoms with Crippen molar-refractivity contribution in [2.24, 2.45) is 17.6 Å². The van der Waals surface area contributed by atoms with E-state index in [2.05, 4.69) is 15.6 Å². The number of nitrogens with two attached hydrogens (primary N) is 1. The van der Waals surface area contributed by atoms with Gasteiger partial charge in [0.1, 0.15) is 12.1 Å². The standard InChI is InChI=1S/C22H32N4O4/c1-12(2)9-18(21(28)26-19(13(3)4)22(29)30)25-20(27)16(23)10-14-11-24-17-8-6-5-7-15(14)17/h5-8,11-13,16,18-19,24H,9-10,23H2,1-4H3,(H,25,27)(H,26,28)(H,29,30)/t16-,18-,19-/m0/s1. The van der Waals surface area contributed by atoms with Crippen LogP contribution in [0.1, 0.15) is 39.7 Å². The number of carbonyl (C=O) groups is 3. The molecule has 0 radical (unpaired) electrons. The zero-order chi connectivity index (χ0) is 22.4. The zero-order valence-electron chi connectivity index (χ0n) is 17.9. The Kier molecular flexibility index (Phi) is 8.00. The van der Waals surface area contributed by atoms with Gasteiger partial charge in [-0.25, -0.2) is 4.79 Å². The van der Waals surface area contributed by atoms with Crippen molar-refractivity contribution in [1.29, 1.82) is 0 Å². The third-order valence-electron chi connectivity index (χ3n) is 5.02. The third-order valence-corrected chi connectivity index (χ3v) is 5.02. The lowest BCUT2D eigenvalue weighted by Gasteiger charge is -2.25. The fourth-order valence-electron chi connectivity index (χ4n) is 3.38. The summed E-state index contributed by atoms with van der Waals surface area (Å²) in [6.07, 6.45) is 2.52. The lowest BCUT2D eigenvalue weighted by molar-refractivity contribution is -0.143. The molecule has 0 unspecified atom stereocenters. The van der Waals surface area contributed by atoms with E-state index in [9.17, 15) is 19.5 Å². The highest BCUT2D eigenvalue weighted by Gasteiger charge is 2.30.